The smallest absolute Gasteiger partial charge is 0.410 e. The van der Waals surface area contributed by atoms with E-state index in [0.29, 0.717) is 19.6 Å². The molecule has 1 saturated heterocycles. The molecule has 0 unspecified atom stereocenters. The van der Waals surface area contributed by atoms with Crippen LogP contribution in [-0.2, 0) is 16.1 Å². The lowest BCUT2D eigenvalue weighted by Gasteiger charge is -2.33. The zero-order valence-corrected chi connectivity index (χ0v) is 22.9. The van der Waals surface area contributed by atoms with Crippen LogP contribution >= 0.6 is 0 Å². The molecule has 0 spiro atoms. The van der Waals surface area contributed by atoms with Gasteiger partial charge in [0.05, 0.1) is 0 Å². The molecule has 0 aromatic heterocycles. The van der Waals surface area contributed by atoms with Crippen molar-refractivity contribution in [3.63, 3.8) is 0 Å². The quantitative estimate of drug-likeness (QED) is 0.404. The number of carbonyl (C=O) groups excluding carboxylic acids is 2. The standard InChI is InChI=1S/C32H35N3O4/c1-32(2,3)39-31(37)35-16-14-29(15-17-35)38-28-12-10-27(11-13-28)33-20-22-4-6-24-7-5-23(19-26(24)18-22)21-34-30(36)25-8-9-25/h4-7,10-13,18-19,25,29H,8-9,14-17,21H2,1-3H3/p+1. The topological polar surface area (TPSA) is 72.2 Å². The van der Waals surface area contributed by atoms with Crippen molar-refractivity contribution in [1.82, 2.24) is 10.2 Å². The van der Waals surface area contributed by atoms with E-state index in [4.69, 9.17) is 9.47 Å². The SMILES string of the molecule is CC(C)(C)OC(=O)N1CCC(Oc2ccc([N+]#Cc3ccc4ccc(CNC(=O)C5CC5)cc4c3)cc2)CC1. The van der Waals surface area contributed by atoms with Gasteiger partial charge in [0.15, 0.2) is 0 Å². The minimum absolute atomic E-state index is 0.0640. The molecule has 1 saturated carbocycles. The lowest BCUT2D eigenvalue weighted by atomic mass is 10.0. The average molecular weight is 527 g/mol. The summed E-state index contributed by atoms with van der Waals surface area (Å²) in [6, 6.07) is 23.2. The summed E-state index contributed by atoms with van der Waals surface area (Å²) in [5, 5.41) is 5.25. The van der Waals surface area contributed by atoms with Crippen molar-refractivity contribution in [3.05, 3.63) is 76.6 Å². The molecule has 0 bridgehead atoms. The van der Waals surface area contributed by atoms with Gasteiger partial charge in [0.1, 0.15) is 23.0 Å². The van der Waals surface area contributed by atoms with Gasteiger partial charge < -0.3 is 19.7 Å². The molecule has 1 aliphatic carbocycles. The van der Waals surface area contributed by atoms with E-state index in [1.807, 2.05) is 51.1 Å². The number of benzene rings is 3. The van der Waals surface area contributed by atoms with Crippen LogP contribution in [0.15, 0.2) is 60.7 Å². The normalized spacial score (nSPS) is 15.8. The number of nitrogens with zero attached hydrogens (tertiary/aromatic N) is 2. The number of carbonyl (C=O) groups is 2. The fraction of sp³-hybridized carbons (Fsp3) is 0.406. The number of hydrogen-bond donors (Lipinski definition) is 1. The number of likely N-dealkylation sites (tertiary alicyclic amines) is 1. The molecular weight excluding hydrogens is 490 g/mol. The first-order valence-corrected chi connectivity index (χ1v) is 13.7. The van der Waals surface area contributed by atoms with Gasteiger partial charge in [0, 0.05) is 50.5 Å². The molecule has 2 fully saturated rings. The van der Waals surface area contributed by atoms with Crippen LogP contribution in [0.1, 0.15) is 57.6 Å². The third-order valence-electron chi connectivity index (χ3n) is 6.87. The molecule has 3 aromatic rings. The van der Waals surface area contributed by atoms with Crippen LogP contribution in [0.4, 0.5) is 10.5 Å². The van der Waals surface area contributed by atoms with Crippen molar-refractivity contribution in [1.29, 1.82) is 0 Å². The molecule has 1 aliphatic heterocycles. The van der Waals surface area contributed by atoms with E-state index in [0.717, 1.165) is 59.0 Å². The van der Waals surface area contributed by atoms with Crippen LogP contribution in [0.2, 0.25) is 0 Å². The van der Waals surface area contributed by atoms with E-state index < -0.39 is 5.60 Å². The summed E-state index contributed by atoms with van der Waals surface area (Å²) < 4.78 is 11.6. The number of rotatable bonds is 5. The van der Waals surface area contributed by atoms with Crippen LogP contribution in [0.5, 0.6) is 5.75 Å². The minimum atomic E-state index is -0.487. The summed E-state index contributed by atoms with van der Waals surface area (Å²) in [5.41, 5.74) is 2.27. The van der Waals surface area contributed by atoms with Crippen LogP contribution in [-0.4, -0.2) is 41.7 Å². The highest BCUT2D eigenvalue weighted by Gasteiger charge is 2.29. The summed E-state index contributed by atoms with van der Waals surface area (Å²) in [6.45, 7) is 7.43. The van der Waals surface area contributed by atoms with Crippen LogP contribution in [0, 0.1) is 12.0 Å². The lowest BCUT2D eigenvalue weighted by molar-refractivity contribution is -0.122. The van der Waals surface area contributed by atoms with Crippen molar-refractivity contribution in [2.45, 2.75) is 64.7 Å². The molecule has 202 valence electrons. The Morgan fingerprint density at radius 3 is 2.36 bits per heavy atom. The highest BCUT2D eigenvalue weighted by molar-refractivity contribution is 5.85. The fourth-order valence-corrected chi connectivity index (χ4v) is 4.56. The molecule has 7 heteroatoms. The second-order valence-corrected chi connectivity index (χ2v) is 11.4. The lowest BCUT2D eigenvalue weighted by Crippen LogP contribution is -2.44. The van der Waals surface area contributed by atoms with E-state index in [1.54, 1.807) is 4.90 Å². The maximum absolute atomic E-state index is 12.3. The van der Waals surface area contributed by atoms with Gasteiger partial charge in [-0.1, -0.05) is 18.2 Å². The van der Waals surface area contributed by atoms with Crippen molar-refractivity contribution in [2.24, 2.45) is 5.92 Å². The summed E-state index contributed by atoms with van der Waals surface area (Å²) in [6.07, 6.45) is 3.36. The van der Waals surface area contributed by atoms with Gasteiger partial charge in [-0.15, -0.1) is 0 Å². The Morgan fingerprint density at radius 1 is 0.949 bits per heavy atom. The van der Waals surface area contributed by atoms with E-state index >= 15 is 0 Å². The number of fused-ring (bicyclic) bond motifs is 1. The van der Waals surface area contributed by atoms with Crippen molar-refractivity contribution in [2.75, 3.05) is 13.1 Å². The highest BCUT2D eigenvalue weighted by Crippen LogP contribution is 2.29. The zero-order valence-electron chi connectivity index (χ0n) is 22.9. The Kier molecular flexibility index (Phi) is 7.74. The Morgan fingerprint density at radius 2 is 1.67 bits per heavy atom. The van der Waals surface area contributed by atoms with Gasteiger partial charge in [-0.2, -0.15) is 0 Å². The fourth-order valence-electron chi connectivity index (χ4n) is 4.56. The number of hydrogen-bond acceptors (Lipinski definition) is 4. The van der Waals surface area contributed by atoms with Crippen molar-refractivity contribution >= 4 is 28.5 Å². The number of amides is 2. The molecule has 2 amide bonds. The van der Waals surface area contributed by atoms with Gasteiger partial charge in [-0.05, 0) is 85.1 Å². The monoisotopic (exact) mass is 526 g/mol. The molecule has 0 radical (unpaired) electrons. The zero-order chi connectivity index (χ0) is 27.4. The van der Waals surface area contributed by atoms with Gasteiger partial charge in [0.2, 0.25) is 5.91 Å². The molecule has 39 heavy (non-hydrogen) atoms. The van der Waals surface area contributed by atoms with E-state index in [-0.39, 0.29) is 24.0 Å². The Hall–Kier alpha value is -4.05. The summed E-state index contributed by atoms with van der Waals surface area (Å²) in [4.78, 5) is 30.5. The first-order chi connectivity index (χ1) is 18.7. The maximum atomic E-state index is 12.3. The van der Waals surface area contributed by atoms with Crippen LogP contribution in [0.25, 0.3) is 15.6 Å². The second kappa shape index (κ2) is 11.4. The second-order valence-electron chi connectivity index (χ2n) is 11.4. The number of ether oxygens (including phenoxy) is 2. The van der Waals surface area contributed by atoms with E-state index in [1.165, 1.54) is 0 Å². The summed E-state index contributed by atoms with van der Waals surface area (Å²) in [7, 11) is 0. The molecule has 1 N–H and O–H groups in total. The number of nitrogens with one attached hydrogen (secondary N) is 1. The van der Waals surface area contributed by atoms with Gasteiger partial charge in [0.25, 0.3) is 0 Å². The molecule has 7 nitrogen and oxygen atoms in total. The molecule has 1 heterocycles. The first-order valence-electron chi connectivity index (χ1n) is 13.7. The molecular formula is C32H36N3O4+. The molecule has 2 aliphatic rings. The summed E-state index contributed by atoms with van der Waals surface area (Å²) >= 11 is 0. The van der Waals surface area contributed by atoms with Gasteiger partial charge >= 0.3 is 17.8 Å². The molecule has 0 atom stereocenters. The third kappa shape index (κ3) is 7.51. The maximum Gasteiger partial charge on any atom is 0.410 e. The van der Waals surface area contributed by atoms with Crippen LogP contribution in [0.3, 0.4) is 0 Å². The van der Waals surface area contributed by atoms with Gasteiger partial charge in [-0.25, -0.2) is 4.79 Å². The largest absolute Gasteiger partial charge is 0.490 e. The Labute approximate surface area is 229 Å². The van der Waals surface area contributed by atoms with E-state index in [2.05, 4.69) is 46.6 Å². The predicted octanol–water partition coefficient (Wildman–Crippen LogP) is 6.66. The molecule has 5 rings (SSSR count). The Bertz CT molecular complexity index is 1400. The minimum Gasteiger partial charge on any atom is -0.490 e. The Balaban J connectivity index is 1.15. The van der Waals surface area contributed by atoms with Gasteiger partial charge in [-0.3, -0.25) is 4.79 Å². The average Bonchev–Trinajstić information content (AvgIpc) is 3.76. The third-order valence-corrected chi connectivity index (χ3v) is 6.87. The predicted molar refractivity (Wildman–Crippen MR) is 152 cm³/mol. The molecule has 3 aromatic carbocycles. The van der Waals surface area contributed by atoms with Crippen molar-refractivity contribution in [3.8, 4) is 11.8 Å². The highest BCUT2D eigenvalue weighted by atomic mass is 16.6. The van der Waals surface area contributed by atoms with E-state index in [9.17, 15) is 9.59 Å². The first kappa shape index (κ1) is 26.6. The van der Waals surface area contributed by atoms with Crippen LogP contribution < -0.4 is 10.1 Å². The summed E-state index contributed by atoms with van der Waals surface area (Å²) in [5.74, 6) is 1.16. The van der Waals surface area contributed by atoms with Crippen molar-refractivity contribution < 1.29 is 19.1 Å². The number of piperidine rings is 1.